The van der Waals surface area contributed by atoms with Gasteiger partial charge in [0, 0.05) is 20.1 Å². The third kappa shape index (κ3) is 5.85. The quantitative estimate of drug-likeness (QED) is 0.332. The predicted molar refractivity (Wildman–Crippen MR) is 111 cm³/mol. The summed E-state index contributed by atoms with van der Waals surface area (Å²) in [6, 6.07) is 11.1. The van der Waals surface area contributed by atoms with Crippen molar-refractivity contribution in [3.05, 3.63) is 56.5 Å². The molecule has 0 saturated heterocycles. The molecule has 2 aromatic rings. The lowest BCUT2D eigenvalue weighted by atomic mass is 10.2. The number of rotatable bonds is 6. The van der Waals surface area contributed by atoms with Crippen molar-refractivity contribution >= 4 is 50.2 Å². The number of halogens is 2. The molecule has 0 saturated carbocycles. The Morgan fingerprint density at radius 1 is 0.885 bits per heavy atom. The van der Waals surface area contributed by atoms with Crippen LogP contribution in [0.1, 0.15) is 11.1 Å². The maximum absolute atomic E-state index is 7.76. The molecule has 0 aliphatic rings. The van der Waals surface area contributed by atoms with Crippen molar-refractivity contribution in [3.63, 3.8) is 0 Å². The molecule has 0 radical (unpaired) electrons. The zero-order valence-electron chi connectivity index (χ0n) is 14.1. The molecule has 0 heterocycles. The van der Waals surface area contributed by atoms with E-state index in [4.69, 9.17) is 14.9 Å². The van der Waals surface area contributed by atoms with E-state index in [-0.39, 0.29) is 5.96 Å². The number of hydrazone groups is 2. The SMILES string of the molecule is COc1cc(Br)ccc1/C=N/NC(=N)N/N=C/c1ccc(Br)cc1OC. The van der Waals surface area contributed by atoms with Crippen LogP contribution in [0.5, 0.6) is 11.5 Å². The van der Waals surface area contributed by atoms with Crippen LogP contribution in [0.25, 0.3) is 0 Å². The van der Waals surface area contributed by atoms with E-state index >= 15 is 0 Å². The molecule has 7 nitrogen and oxygen atoms in total. The van der Waals surface area contributed by atoms with Crippen molar-refractivity contribution in [2.24, 2.45) is 10.2 Å². The van der Waals surface area contributed by atoms with Gasteiger partial charge in [0.15, 0.2) is 0 Å². The average Bonchev–Trinajstić information content (AvgIpc) is 2.63. The van der Waals surface area contributed by atoms with Crippen molar-refractivity contribution in [3.8, 4) is 11.5 Å². The highest BCUT2D eigenvalue weighted by Crippen LogP contribution is 2.22. The Kier molecular flexibility index (Phi) is 7.61. The van der Waals surface area contributed by atoms with E-state index < -0.39 is 0 Å². The van der Waals surface area contributed by atoms with Crippen LogP contribution < -0.4 is 20.3 Å². The molecule has 9 heteroatoms. The summed E-state index contributed by atoms with van der Waals surface area (Å²) in [6.07, 6.45) is 3.12. The monoisotopic (exact) mass is 481 g/mol. The Bertz CT molecular complexity index is 772. The molecule has 0 bridgehead atoms. The Morgan fingerprint density at radius 3 is 1.69 bits per heavy atom. The molecule has 2 aromatic carbocycles. The number of nitrogens with one attached hydrogen (secondary N) is 3. The number of ether oxygens (including phenoxy) is 2. The van der Waals surface area contributed by atoms with Gasteiger partial charge in [-0.1, -0.05) is 31.9 Å². The standard InChI is InChI=1S/C17H17Br2N5O2/c1-25-15-7-13(18)5-3-11(15)9-21-23-17(20)24-22-10-12-4-6-14(19)8-16(12)26-2/h3-10H,1-2H3,(H3,20,23,24)/b21-9+,22-10+. The highest BCUT2D eigenvalue weighted by molar-refractivity contribution is 9.10. The van der Waals surface area contributed by atoms with E-state index in [2.05, 4.69) is 52.9 Å². The fourth-order valence-corrected chi connectivity index (χ4v) is 2.62. The first-order valence-electron chi connectivity index (χ1n) is 7.37. The topological polar surface area (TPSA) is 91.1 Å². The molecular weight excluding hydrogens is 466 g/mol. The molecule has 0 atom stereocenters. The van der Waals surface area contributed by atoms with Crippen LogP contribution in [-0.2, 0) is 0 Å². The van der Waals surface area contributed by atoms with Gasteiger partial charge in [-0.3, -0.25) is 5.41 Å². The molecular formula is C17H17Br2N5O2. The summed E-state index contributed by atoms with van der Waals surface area (Å²) in [5.41, 5.74) is 6.64. The third-order valence-corrected chi connectivity index (χ3v) is 4.14. The highest BCUT2D eigenvalue weighted by Gasteiger charge is 2.02. The number of nitrogens with zero attached hydrogens (tertiary/aromatic N) is 2. The van der Waals surface area contributed by atoms with Crippen molar-refractivity contribution in [1.29, 1.82) is 5.41 Å². The second-order valence-electron chi connectivity index (χ2n) is 4.89. The lowest BCUT2D eigenvalue weighted by Crippen LogP contribution is -2.29. The predicted octanol–water partition coefficient (Wildman–Crippen LogP) is 3.71. The van der Waals surface area contributed by atoms with Crippen LogP contribution >= 0.6 is 31.9 Å². The number of guanidine groups is 1. The number of hydrogen-bond donors (Lipinski definition) is 3. The molecule has 0 fully saturated rings. The van der Waals surface area contributed by atoms with Crippen LogP contribution in [0.4, 0.5) is 0 Å². The van der Waals surface area contributed by atoms with Gasteiger partial charge in [-0.05, 0) is 36.4 Å². The maximum Gasteiger partial charge on any atom is 0.230 e. The van der Waals surface area contributed by atoms with Gasteiger partial charge in [0.2, 0.25) is 5.96 Å². The van der Waals surface area contributed by atoms with Gasteiger partial charge >= 0.3 is 0 Å². The Morgan fingerprint density at radius 2 is 1.31 bits per heavy atom. The summed E-state index contributed by atoms with van der Waals surface area (Å²) < 4.78 is 12.4. The first-order chi connectivity index (χ1) is 12.5. The van der Waals surface area contributed by atoms with E-state index in [1.165, 1.54) is 0 Å². The van der Waals surface area contributed by atoms with Gasteiger partial charge in [-0.25, -0.2) is 10.9 Å². The fourth-order valence-electron chi connectivity index (χ4n) is 1.94. The highest BCUT2D eigenvalue weighted by atomic mass is 79.9. The summed E-state index contributed by atoms with van der Waals surface area (Å²) >= 11 is 6.76. The number of benzene rings is 2. The molecule has 0 aliphatic carbocycles. The Hall–Kier alpha value is -2.39. The fraction of sp³-hybridized carbons (Fsp3) is 0.118. The van der Waals surface area contributed by atoms with Crippen molar-refractivity contribution in [2.75, 3.05) is 14.2 Å². The summed E-state index contributed by atoms with van der Waals surface area (Å²) in [5.74, 6) is 1.26. The smallest absolute Gasteiger partial charge is 0.230 e. The first-order valence-corrected chi connectivity index (χ1v) is 8.96. The Labute approximate surface area is 168 Å². The summed E-state index contributed by atoms with van der Waals surface area (Å²) in [5, 5.41) is 15.7. The second-order valence-corrected chi connectivity index (χ2v) is 6.72. The Balaban J connectivity index is 1.91. The van der Waals surface area contributed by atoms with Crippen LogP contribution in [0.2, 0.25) is 0 Å². The second kappa shape index (κ2) is 9.93. The molecule has 0 aliphatic heterocycles. The lowest BCUT2D eigenvalue weighted by molar-refractivity contribution is 0.414. The van der Waals surface area contributed by atoms with Crippen molar-refractivity contribution in [2.45, 2.75) is 0 Å². The van der Waals surface area contributed by atoms with Crippen LogP contribution in [-0.4, -0.2) is 32.6 Å². The van der Waals surface area contributed by atoms with Gasteiger partial charge < -0.3 is 9.47 Å². The summed E-state index contributed by atoms with van der Waals surface area (Å²) in [7, 11) is 3.17. The molecule has 0 aromatic heterocycles. The van der Waals surface area contributed by atoms with Gasteiger partial charge in [-0.15, -0.1) is 0 Å². The number of hydrogen-bond acceptors (Lipinski definition) is 5. The summed E-state index contributed by atoms with van der Waals surface area (Å²) in [4.78, 5) is 0. The van der Waals surface area contributed by atoms with Crippen LogP contribution in [0, 0.1) is 5.41 Å². The molecule has 0 amide bonds. The van der Waals surface area contributed by atoms with E-state index in [9.17, 15) is 0 Å². The van der Waals surface area contributed by atoms with Crippen LogP contribution in [0.15, 0.2) is 55.5 Å². The van der Waals surface area contributed by atoms with E-state index in [0.717, 1.165) is 20.1 Å². The molecule has 3 N–H and O–H groups in total. The minimum atomic E-state index is -0.0790. The van der Waals surface area contributed by atoms with Gasteiger partial charge in [0.1, 0.15) is 11.5 Å². The van der Waals surface area contributed by atoms with Crippen molar-refractivity contribution in [1.82, 2.24) is 10.9 Å². The molecule has 2 rings (SSSR count). The van der Waals surface area contributed by atoms with Gasteiger partial charge in [0.05, 0.1) is 26.6 Å². The molecule has 0 unspecified atom stereocenters. The zero-order chi connectivity index (χ0) is 18.9. The zero-order valence-corrected chi connectivity index (χ0v) is 17.3. The van der Waals surface area contributed by atoms with Gasteiger partial charge in [-0.2, -0.15) is 10.2 Å². The van der Waals surface area contributed by atoms with Crippen molar-refractivity contribution < 1.29 is 9.47 Å². The van der Waals surface area contributed by atoms with E-state index in [1.54, 1.807) is 26.6 Å². The minimum absolute atomic E-state index is 0.0790. The maximum atomic E-state index is 7.76. The molecule has 0 spiro atoms. The molecule has 136 valence electrons. The minimum Gasteiger partial charge on any atom is -0.496 e. The first kappa shape index (κ1) is 19.9. The molecule has 26 heavy (non-hydrogen) atoms. The average molecular weight is 483 g/mol. The third-order valence-electron chi connectivity index (χ3n) is 3.15. The summed E-state index contributed by atoms with van der Waals surface area (Å²) in [6.45, 7) is 0. The largest absolute Gasteiger partial charge is 0.496 e. The normalized spacial score (nSPS) is 10.9. The van der Waals surface area contributed by atoms with Crippen LogP contribution in [0.3, 0.4) is 0 Å². The lowest BCUT2D eigenvalue weighted by Gasteiger charge is -2.06. The number of methoxy groups -OCH3 is 2. The van der Waals surface area contributed by atoms with E-state index in [1.807, 2.05) is 36.4 Å². The van der Waals surface area contributed by atoms with Gasteiger partial charge in [0.25, 0.3) is 0 Å². The van der Waals surface area contributed by atoms with E-state index in [0.29, 0.717) is 11.5 Å².